The summed E-state index contributed by atoms with van der Waals surface area (Å²) >= 11 is 0. The molecule has 82 valence electrons. The molecule has 6 heteroatoms. The van der Waals surface area contributed by atoms with E-state index in [1.807, 2.05) is 14.1 Å². The molecule has 0 N–H and O–H groups in total. The zero-order chi connectivity index (χ0) is 10.4. The Bertz CT molecular complexity index is 281. The first-order chi connectivity index (χ1) is 6.43. The maximum Gasteiger partial charge on any atom is 0.488 e. The second-order valence-electron chi connectivity index (χ2n) is 4.39. The van der Waals surface area contributed by atoms with Gasteiger partial charge in [0.05, 0.1) is 27.1 Å². The molecule has 5 nitrogen and oxygen atoms in total. The molecule has 0 bridgehead atoms. The van der Waals surface area contributed by atoms with Gasteiger partial charge in [0, 0.05) is 7.11 Å². The molecule has 0 unspecified atom stereocenters. The molecule has 0 atom stereocenters. The van der Waals surface area contributed by atoms with Crippen molar-refractivity contribution in [1.29, 1.82) is 0 Å². The summed E-state index contributed by atoms with van der Waals surface area (Å²) < 4.78 is 27.6. The molecular formula is C8H17NO4P+. The molecule has 0 saturated carbocycles. The topological polar surface area (TPSA) is 44.8 Å². The second-order valence-corrected chi connectivity index (χ2v) is 6.02. The third-order valence-electron chi connectivity index (χ3n) is 3.11. The molecule has 0 radical (unpaired) electrons. The number of quaternary nitrogens is 1. The predicted octanol–water partition coefficient (Wildman–Crippen LogP) is 1.70. The van der Waals surface area contributed by atoms with Gasteiger partial charge in [0.15, 0.2) is 0 Å². The van der Waals surface area contributed by atoms with E-state index in [-0.39, 0.29) is 0 Å². The van der Waals surface area contributed by atoms with Gasteiger partial charge in [-0.2, -0.15) is 0 Å². The van der Waals surface area contributed by atoms with Crippen molar-refractivity contribution in [2.75, 3.05) is 27.7 Å². The van der Waals surface area contributed by atoms with Crippen LogP contribution >= 0.6 is 7.82 Å². The average Bonchev–Trinajstić information content (AvgIpc) is 2.07. The van der Waals surface area contributed by atoms with E-state index in [0.717, 1.165) is 25.8 Å². The summed E-state index contributed by atoms with van der Waals surface area (Å²) in [6, 6.07) is 0. The number of rotatable bonds is 1. The molecule has 2 saturated heterocycles. The molecule has 2 heterocycles. The fraction of sp³-hybridized carbons (Fsp3) is 1.00. The first-order valence-corrected chi connectivity index (χ1v) is 6.30. The summed E-state index contributed by atoms with van der Waals surface area (Å²) in [7, 11) is 2.19. The monoisotopic (exact) mass is 222 g/mol. The fourth-order valence-corrected chi connectivity index (χ4v) is 3.56. The third kappa shape index (κ3) is 1.35. The molecule has 0 aromatic rings. The van der Waals surface area contributed by atoms with Crippen LogP contribution in [-0.2, 0) is 18.1 Å². The van der Waals surface area contributed by atoms with Crippen LogP contribution in [-0.4, -0.2) is 38.1 Å². The van der Waals surface area contributed by atoms with Crippen molar-refractivity contribution < 1.29 is 22.6 Å². The van der Waals surface area contributed by atoms with Crippen molar-refractivity contribution >= 4 is 7.82 Å². The van der Waals surface area contributed by atoms with E-state index >= 15 is 0 Å². The molecule has 14 heavy (non-hydrogen) atoms. The van der Waals surface area contributed by atoms with Gasteiger partial charge in [-0.05, 0) is 12.8 Å². The SMILES string of the molecule is COP1(=O)OC2(CCCC[N+]2(C)C)O1. The Labute approximate surface area is 84.1 Å². The van der Waals surface area contributed by atoms with Crippen molar-refractivity contribution in [3.05, 3.63) is 0 Å². The van der Waals surface area contributed by atoms with Crippen LogP contribution in [0.3, 0.4) is 0 Å². The summed E-state index contributed by atoms with van der Waals surface area (Å²) in [5.41, 5.74) is 0. The maximum absolute atomic E-state index is 11.5. The standard InChI is InChI=1S/C8H17NO4P/c1-9(2)7-5-4-6-8(9)12-14(10,11-3)13-8/h4-7H2,1-3H3/q+1. The van der Waals surface area contributed by atoms with Gasteiger partial charge >= 0.3 is 13.7 Å². The Hall–Kier alpha value is 0.0700. The summed E-state index contributed by atoms with van der Waals surface area (Å²) in [5, 5.41) is 0. The lowest BCUT2D eigenvalue weighted by Crippen LogP contribution is -2.68. The summed E-state index contributed by atoms with van der Waals surface area (Å²) in [5.74, 6) is -0.718. The highest BCUT2D eigenvalue weighted by Gasteiger charge is 2.67. The van der Waals surface area contributed by atoms with Crippen molar-refractivity contribution in [2.24, 2.45) is 0 Å². The largest absolute Gasteiger partial charge is 0.488 e. The van der Waals surface area contributed by atoms with Crippen LogP contribution in [0.15, 0.2) is 0 Å². The van der Waals surface area contributed by atoms with Crippen LogP contribution in [0, 0.1) is 0 Å². The van der Waals surface area contributed by atoms with Crippen molar-refractivity contribution in [3.8, 4) is 0 Å². The van der Waals surface area contributed by atoms with Gasteiger partial charge in [0.2, 0.25) is 0 Å². The number of phosphoric acid groups is 1. The molecule has 0 aromatic carbocycles. The minimum Gasteiger partial charge on any atom is -0.290 e. The van der Waals surface area contributed by atoms with Gasteiger partial charge in [0.1, 0.15) is 0 Å². The van der Waals surface area contributed by atoms with Crippen LogP contribution < -0.4 is 0 Å². The average molecular weight is 222 g/mol. The number of phosphoric ester groups is 1. The van der Waals surface area contributed by atoms with Gasteiger partial charge in [-0.25, -0.2) is 13.6 Å². The lowest BCUT2D eigenvalue weighted by atomic mass is 10.1. The molecule has 0 amide bonds. The summed E-state index contributed by atoms with van der Waals surface area (Å²) in [6.45, 7) is 0.976. The maximum atomic E-state index is 11.5. The second kappa shape index (κ2) is 3.03. The first kappa shape index (κ1) is 10.6. The Kier molecular flexibility index (Phi) is 2.29. The smallest absolute Gasteiger partial charge is 0.290 e. The van der Waals surface area contributed by atoms with Crippen LogP contribution in [0.4, 0.5) is 0 Å². The zero-order valence-electron chi connectivity index (χ0n) is 8.86. The van der Waals surface area contributed by atoms with E-state index in [1.54, 1.807) is 0 Å². The lowest BCUT2D eigenvalue weighted by Gasteiger charge is -2.54. The number of hydrogen-bond acceptors (Lipinski definition) is 4. The minimum absolute atomic E-state index is 0.598. The highest BCUT2D eigenvalue weighted by atomic mass is 31.2. The van der Waals surface area contributed by atoms with E-state index < -0.39 is 13.7 Å². The number of hydrogen-bond donors (Lipinski definition) is 0. The van der Waals surface area contributed by atoms with Gasteiger partial charge in [-0.15, -0.1) is 0 Å². The van der Waals surface area contributed by atoms with Gasteiger partial charge in [-0.1, -0.05) is 0 Å². The number of nitrogens with zero attached hydrogens (tertiary/aromatic N) is 1. The molecule has 0 aliphatic carbocycles. The Balaban J connectivity index is 2.15. The number of piperidine rings is 1. The third-order valence-corrected chi connectivity index (χ3v) is 4.58. The van der Waals surface area contributed by atoms with E-state index in [1.165, 1.54) is 7.11 Å². The quantitative estimate of drug-likeness (QED) is 0.500. The first-order valence-electron chi connectivity index (χ1n) is 4.83. The normalized spacial score (nSPS) is 46.2. The molecule has 2 fully saturated rings. The fourth-order valence-electron chi connectivity index (χ4n) is 2.07. The minimum atomic E-state index is -3.20. The summed E-state index contributed by atoms with van der Waals surface area (Å²) in [6.07, 6.45) is 2.98. The predicted molar refractivity (Wildman–Crippen MR) is 50.3 cm³/mol. The van der Waals surface area contributed by atoms with E-state index in [0.29, 0.717) is 4.48 Å². The highest BCUT2D eigenvalue weighted by Crippen LogP contribution is 2.68. The zero-order valence-corrected chi connectivity index (χ0v) is 9.75. The van der Waals surface area contributed by atoms with E-state index in [4.69, 9.17) is 13.6 Å². The Morgan fingerprint density at radius 2 is 2.00 bits per heavy atom. The van der Waals surface area contributed by atoms with E-state index in [9.17, 15) is 4.57 Å². The van der Waals surface area contributed by atoms with Gasteiger partial charge < -0.3 is 0 Å². The summed E-state index contributed by atoms with van der Waals surface area (Å²) in [4.78, 5) is 0. The van der Waals surface area contributed by atoms with Crippen molar-refractivity contribution in [1.82, 2.24) is 0 Å². The van der Waals surface area contributed by atoms with Crippen LogP contribution in [0.25, 0.3) is 0 Å². The molecule has 2 rings (SSSR count). The molecule has 1 spiro atoms. The van der Waals surface area contributed by atoms with Crippen LogP contribution in [0.2, 0.25) is 0 Å². The van der Waals surface area contributed by atoms with Crippen LogP contribution in [0.1, 0.15) is 19.3 Å². The van der Waals surface area contributed by atoms with Crippen molar-refractivity contribution in [3.63, 3.8) is 0 Å². The molecule has 0 aromatic heterocycles. The Morgan fingerprint density at radius 3 is 2.50 bits per heavy atom. The van der Waals surface area contributed by atoms with Gasteiger partial charge in [-0.3, -0.25) is 9.01 Å². The molecule has 2 aliphatic heterocycles. The van der Waals surface area contributed by atoms with Crippen LogP contribution in [0.5, 0.6) is 0 Å². The number of likely N-dealkylation sites (tertiary alicyclic amines) is 1. The van der Waals surface area contributed by atoms with Crippen molar-refractivity contribution in [2.45, 2.75) is 25.2 Å². The Morgan fingerprint density at radius 1 is 1.36 bits per heavy atom. The molecular weight excluding hydrogens is 205 g/mol. The lowest BCUT2D eigenvalue weighted by molar-refractivity contribution is -1.00. The molecule has 2 aliphatic rings. The van der Waals surface area contributed by atoms with Gasteiger partial charge in [0.25, 0.3) is 0 Å². The van der Waals surface area contributed by atoms with E-state index in [2.05, 4.69) is 0 Å². The highest BCUT2D eigenvalue weighted by molar-refractivity contribution is 7.49.